The third kappa shape index (κ3) is 3.80. The van der Waals surface area contributed by atoms with E-state index in [2.05, 4.69) is 0 Å². The molecule has 0 aliphatic heterocycles. The number of aliphatic carboxylic acids is 1. The highest BCUT2D eigenvalue weighted by atomic mass is 32.2. The van der Waals surface area contributed by atoms with Crippen molar-refractivity contribution in [1.29, 1.82) is 0 Å². The average molecular weight is 363 g/mol. The van der Waals surface area contributed by atoms with E-state index in [1.54, 1.807) is 19.1 Å². The monoisotopic (exact) mass is 363 g/mol. The van der Waals surface area contributed by atoms with Crippen molar-refractivity contribution in [1.82, 2.24) is 0 Å². The second-order valence-electron chi connectivity index (χ2n) is 5.48. The van der Waals surface area contributed by atoms with Crippen molar-refractivity contribution < 1.29 is 28.2 Å². The minimum Gasteiger partial charge on any atom is -0.480 e. The Labute approximate surface area is 145 Å². The van der Waals surface area contributed by atoms with Crippen LogP contribution in [-0.4, -0.2) is 36.6 Å². The Balaban J connectivity index is 2.58. The van der Waals surface area contributed by atoms with Gasteiger partial charge in [0.15, 0.2) is 0 Å². The van der Waals surface area contributed by atoms with Crippen LogP contribution in [0.4, 0.5) is 5.69 Å². The number of carboxylic acids is 2. The largest absolute Gasteiger partial charge is 0.480 e. The van der Waals surface area contributed by atoms with Crippen molar-refractivity contribution in [2.45, 2.75) is 24.8 Å². The second kappa shape index (κ2) is 6.94. The lowest BCUT2D eigenvalue weighted by atomic mass is 10.2. The lowest BCUT2D eigenvalue weighted by molar-refractivity contribution is -0.137. The molecule has 2 rings (SSSR count). The number of aryl methyl sites for hydroxylation is 1. The predicted molar refractivity (Wildman–Crippen MR) is 91.3 cm³/mol. The molecule has 0 saturated heterocycles. The van der Waals surface area contributed by atoms with Gasteiger partial charge in [0, 0.05) is 0 Å². The summed E-state index contributed by atoms with van der Waals surface area (Å²) in [6, 6.07) is 9.66. The average Bonchev–Trinajstić information content (AvgIpc) is 2.55. The lowest BCUT2D eigenvalue weighted by Crippen LogP contribution is -2.43. The topological polar surface area (TPSA) is 112 Å². The van der Waals surface area contributed by atoms with Crippen molar-refractivity contribution >= 4 is 27.6 Å². The molecule has 0 heterocycles. The van der Waals surface area contributed by atoms with Gasteiger partial charge in [0.2, 0.25) is 0 Å². The first-order valence-electron chi connectivity index (χ1n) is 7.32. The summed E-state index contributed by atoms with van der Waals surface area (Å²) in [6.45, 7) is 3.05. The molecule has 0 radical (unpaired) electrons. The van der Waals surface area contributed by atoms with Gasteiger partial charge in [-0.2, -0.15) is 0 Å². The third-order valence-electron chi connectivity index (χ3n) is 3.66. The molecule has 25 heavy (non-hydrogen) atoms. The number of carboxylic acid groups (broad SMARTS) is 2. The Morgan fingerprint density at radius 1 is 0.960 bits per heavy atom. The van der Waals surface area contributed by atoms with E-state index < -0.39 is 28.0 Å². The van der Waals surface area contributed by atoms with E-state index in [1.807, 2.05) is 0 Å². The van der Waals surface area contributed by atoms with Crippen LogP contribution in [0.3, 0.4) is 0 Å². The van der Waals surface area contributed by atoms with Crippen molar-refractivity contribution in [2.24, 2.45) is 0 Å². The van der Waals surface area contributed by atoms with E-state index in [-0.39, 0.29) is 16.1 Å². The summed E-state index contributed by atoms with van der Waals surface area (Å²) in [5.74, 6) is -2.48. The summed E-state index contributed by atoms with van der Waals surface area (Å²) in [5, 5.41) is 18.3. The summed E-state index contributed by atoms with van der Waals surface area (Å²) in [4.78, 5) is 22.3. The Morgan fingerprint density at radius 3 is 1.92 bits per heavy atom. The van der Waals surface area contributed by atoms with Gasteiger partial charge in [-0.15, -0.1) is 0 Å². The Bertz CT molecular complexity index is 888. The van der Waals surface area contributed by atoms with E-state index in [4.69, 9.17) is 5.11 Å². The van der Waals surface area contributed by atoms with Gasteiger partial charge in [0.1, 0.15) is 6.04 Å². The molecule has 0 spiro atoms. The predicted octanol–water partition coefficient (Wildman–Crippen LogP) is 2.36. The Kier molecular flexibility index (Phi) is 5.13. The van der Waals surface area contributed by atoms with E-state index in [0.29, 0.717) is 0 Å². The first-order valence-corrected chi connectivity index (χ1v) is 8.76. The van der Waals surface area contributed by atoms with Gasteiger partial charge < -0.3 is 10.2 Å². The van der Waals surface area contributed by atoms with Gasteiger partial charge in [0.25, 0.3) is 10.0 Å². The summed E-state index contributed by atoms with van der Waals surface area (Å²) in [7, 11) is -4.14. The van der Waals surface area contributed by atoms with Crippen molar-refractivity contribution in [3.05, 3.63) is 59.7 Å². The first kappa shape index (κ1) is 18.5. The van der Waals surface area contributed by atoms with Crippen LogP contribution < -0.4 is 4.31 Å². The highest BCUT2D eigenvalue weighted by Gasteiger charge is 2.33. The van der Waals surface area contributed by atoms with Gasteiger partial charge in [-0.05, 0) is 50.2 Å². The number of nitrogens with zero attached hydrogens (tertiary/aromatic N) is 1. The molecule has 0 amide bonds. The van der Waals surface area contributed by atoms with Crippen LogP contribution >= 0.6 is 0 Å². The Hall–Kier alpha value is -2.87. The number of rotatable bonds is 6. The van der Waals surface area contributed by atoms with Crippen LogP contribution in [0.2, 0.25) is 0 Å². The minimum absolute atomic E-state index is 0.0283. The highest BCUT2D eigenvalue weighted by molar-refractivity contribution is 7.92. The standard InChI is InChI=1S/C17H17NO6S/c1-11-3-9-15(10-4-11)25(23,24)18(12(2)16(19)20)14-7-5-13(6-8-14)17(21)22/h3-10,12H,1-2H3,(H,19,20)(H,21,22). The number of hydrogen-bond donors (Lipinski definition) is 2. The summed E-state index contributed by atoms with van der Waals surface area (Å²) < 4.78 is 26.7. The van der Waals surface area contributed by atoms with Crippen LogP contribution in [0.25, 0.3) is 0 Å². The summed E-state index contributed by atoms with van der Waals surface area (Å²) in [5.41, 5.74) is 0.905. The summed E-state index contributed by atoms with van der Waals surface area (Å²) >= 11 is 0. The number of benzene rings is 2. The molecule has 2 aromatic rings. The van der Waals surface area contributed by atoms with E-state index in [9.17, 15) is 23.1 Å². The highest BCUT2D eigenvalue weighted by Crippen LogP contribution is 2.27. The zero-order valence-electron chi connectivity index (χ0n) is 13.6. The maximum atomic E-state index is 13.0. The van der Waals surface area contributed by atoms with E-state index in [0.717, 1.165) is 9.87 Å². The normalized spacial score (nSPS) is 12.4. The number of carbonyl (C=O) groups is 2. The van der Waals surface area contributed by atoms with Crippen molar-refractivity contribution in [3.63, 3.8) is 0 Å². The molecular formula is C17H17NO6S. The van der Waals surface area contributed by atoms with Crippen LogP contribution in [0, 0.1) is 6.92 Å². The second-order valence-corrected chi connectivity index (χ2v) is 7.30. The maximum absolute atomic E-state index is 13.0. The molecule has 7 nitrogen and oxygen atoms in total. The molecule has 8 heteroatoms. The number of aromatic carboxylic acids is 1. The minimum atomic E-state index is -4.14. The van der Waals surface area contributed by atoms with Crippen molar-refractivity contribution in [2.75, 3.05) is 4.31 Å². The zero-order chi connectivity index (χ0) is 18.8. The molecular weight excluding hydrogens is 346 g/mol. The fourth-order valence-electron chi connectivity index (χ4n) is 2.25. The Morgan fingerprint density at radius 2 is 1.48 bits per heavy atom. The fraction of sp³-hybridized carbons (Fsp3) is 0.176. The van der Waals surface area contributed by atoms with Crippen LogP contribution in [0.5, 0.6) is 0 Å². The van der Waals surface area contributed by atoms with Crippen LogP contribution in [0.15, 0.2) is 53.4 Å². The SMILES string of the molecule is Cc1ccc(S(=O)(=O)N(c2ccc(C(=O)O)cc2)C(C)C(=O)O)cc1. The van der Waals surface area contributed by atoms with E-state index in [1.165, 1.54) is 43.3 Å². The third-order valence-corrected chi connectivity index (χ3v) is 5.57. The molecule has 1 atom stereocenters. The van der Waals surface area contributed by atoms with Gasteiger partial charge in [-0.25, -0.2) is 18.0 Å². The van der Waals surface area contributed by atoms with Gasteiger partial charge in [0.05, 0.1) is 16.1 Å². The molecule has 2 aromatic carbocycles. The first-order chi connectivity index (χ1) is 11.6. The molecule has 0 bridgehead atoms. The molecule has 1 unspecified atom stereocenters. The van der Waals surface area contributed by atoms with Gasteiger partial charge >= 0.3 is 11.9 Å². The number of hydrogen-bond acceptors (Lipinski definition) is 4. The molecule has 0 fully saturated rings. The molecule has 2 N–H and O–H groups in total. The van der Waals surface area contributed by atoms with Crippen LogP contribution in [-0.2, 0) is 14.8 Å². The molecule has 0 aromatic heterocycles. The van der Waals surface area contributed by atoms with Gasteiger partial charge in [-0.1, -0.05) is 17.7 Å². The lowest BCUT2D eigenvalue weighted by Gasteiger charge is -2.28. The number of anilines is 1. The van der Waals surface area contributed by atoms with E-state index >= 15 is 0 Å². The van der Waals surface area contributed by atoms with Crippen LogP contribution in [0.1, 0.15) is 22.8 Å². The fourth-order valence-corrected chi connectivity index (χ4v) is 3.86. The zero-order valence-corrected chi connectivity index (χ0v) is 14.4. The smallest absolute Gasteiger partial charge is 0.335 e. The molecule has 132 valence electrons. The quantitative estimate of drug-likeness (QED) is 0.815. The number of sulfonamides is 1. The van der Waals surface area contributed by atoms with Gasteiger partial charge in [-0.3, -0.25) is 4.31 Å². The molecule has 0 aliphatic rings. The molecule has 0 aliphatic carbocycles. The maximum Gasteiger partial charge on any atom is 0.335 e. The summed E-state index contributed by atoms with van der Waals surface area (Å²) in [6.07, 6.45) is 0. The molecule has 0 saturated carbocycles. The van der Waals surface area contributed by atoms with Crippen molar-refractivity contribution in [3.8, 4) is 0 Å².